The molecule has 1 aliphatic rings. The molecule has 0 bridgehead atoms. The number of nitrogens with one attached hydrogen (secondary N) is 3. The van der Waals surface area contributed by atoms with Gasteiger partial charge in [0, 0.05) is 13.1 Å². The van der Waals surface area contributed by atoms with Gasteiger partial charge < -0.3 is 26.4 Å². The molecule has 1 aliphatic heterocycles. The van der Waals surface area contributed by atoms with Crippen LogP contribution in [0.1, 0.15) is 59.4 Å². The first-order valence-electron chi connectivity index (χ1n) is 13.4. The van der Waals surface area contributed by atoms with Gasteiger partial charge in [0.15, 0.2) is 0 Å². The number of rotatable bonds is 2. The van der Waals surface area contributed by atoms with Gasteiger partial charge in [-0.1, -0.05) is 77.4 Å². The molecule has 0 saturated heterocycles. The van der Waals surface area contributed by atoms with Crippen LogP contribution in [-0.4, -0.2) is 56.5 Å². The molecule has 39 heavy (non-hydrogen) atoms. The van der Waals surface area contributed by atoms with Crippen molar-refractivity contribution in [3.8, 4) is 5.75 Å². The Hall–Kier alpha value is -3.46. The predicted octanol–water partition coefficient (Wildman–Crippen LogP) is 4.24. The first kappa shape index (κ1) is 35.5. The minimum absolute atomic E-state index is 0. The van der Waals surface area contributed by atoms with E-state index in [0.717, 1.165) is 30.6 Å². The Morgan fingerprint density at radius 1 is 1.03 bits per heavy atom. The molecule has 2 aromatic carbocycles. The van der Waals surface area contributed by atoms with E-state index in [4.69, 9.17) is 10.5 Å². The van der Waals surface area contributed by atoms with Crippen LogP contribution < -0.4 is 26.4 Å². The minimum atomic E-state index is -0.554. The van der Waals surface area contributed by atoms with Crippen LogP contribution in [0.25, 0.3) is 0 Å². The van der Waals surface area contributed by atoms with Gasteiger partial charge in [-0.25, -0.2) is 4.39 Å². The summed E-state index contributed by atoms with van der Waals surface area (Å²) in [6.45, 7) is 8.16. The standard InChI is InChI=1S/C20H31N5O3.C6H5F.C3H8.CH4/c1-2-6-16-20(27)23-10-5-8-15-7-3-4-9-17(15)28-12-11-22-13-18(21)24-14-19(26)25-16;7-6-4-2-1-3-5-6;1-3-2;/h3-4,7,9,16,22H,2,5-6,8,10-14H2,1H3,(H2,21,24)(H,23,27)(H,25,26);1-5H;3H2,1-2H3;1H4. The third-order valence-corrected chi connectivity index (χ3v) is 5.13. The average molecular weight is 546 g/mol. The Balaban J connectivity index is 0.00000111. The molecular formula is C30H48FN5O3. The molecule has 218 valence electrons. The number of hydrogen-bond donors (Lipinski definition) is 4. The smallest absolute Gasteiger partial charge is 0.242 e. The molecule has 0 aromatic heterocycles. The second kappa shape index (κ2) is 22.5. The number of para-hydroxylation sites is 1. The number of nitrogens with zero attached hydrogens (tertiary/aromatic N) is 1. The molecule has 5 N–H and O–H groups in total. The van der Waals surface area contributed by atoms with Crippen LogP contribution in [0, 0.1) is 5.82 Å². The largest absolute Gasteiger partial charge is 0.492 e. The maximum atomic E-state index is 12.4. The maximum absolute atomic E-state index is 12.4. The zero-order chi connectivity index (χ0) is 28.0. The van der Waals surface area contributed by atoms with E-state index in [1.54, 1.807) is 18.2 Å². The molecule has 1 atom stereocenters. The number of fused-ring (bicyclic) bond motifs is 1. The highest BCUT2D eigenvalue weighted by atomic mass is 19.1. The van der Waals surface area contributed by atoms with Crippen LogP contribution in [0.15, 0.2) is 59.6 Å². The van der Waals surface area contributed by atoms with Gasteiger partial charge in [-0.15, -0.1) is 0 Å². The summed E-state index contributed by atoms with van der Waals surface area (Å²) in [4.78, 5) is 28.6. The van der Waals surface area contributed by atoms with E-state index in [2.05, 4.69) is 34.8 Å². The summed E-state index contributed by atoms with van der Waals surface area (Å²) in [7, 11) is 0. The van der Waals surface area contributed by atoms with Gasteiger partial charge >= 0.3 is 0 Å². The number of aryl methyl sites for hydroxylation is 1. The van der Waals surface area contributed by atoms with Gasteiger partial charge in [0.05, 0.1) is 6.54 Å². The number of aliphatic imine (C=N–C) groups is 1. The molecule has 2 amide bonds. The number of nitrogens with two attached hydrogens (primary N) is 1. The lowest BCUT2D eigenvalue weighted by atomic mass is 10.1. The van der Waals surface area contributed by atoms with E-state index >= 15 is 0 Å². The van der Waals surface area contributed by atoms with Gasteiger partial charge in [0.25, 0.3) is 0 Å². The van der Waals surface area contributed by atoms with Crippen molar-refractivity contribution in [1.29, 1.82) is 0 Å². The molecule has 0 saturated carbocycles. The summed E-state index contributed by atoms with van der Waals surface area (Å²) in [5.74, 6) is 0.541. The summed E-state index contributed by atoms with van der Waals surface area (Å²) in [5, 5.41) is 8.82. The summed E-state index contributed by atoms with van der Waals surface area (Å²) in [6.07, 6.45) is 4.21. The van der Waals surface area contributed by atoms with Gasteiger partial charge in [-0.2, -0.15) is 0 Å². The Morgan fingerprint density at radius 2 is 1.69 bits per heavy atom. The van der Waals surface area contributed by atoms with E-state index in [1.807, 2.05) is 31.2 Å². The summed E-state index contributed by atoms with van der Waals surface area (Å²) in [5.41, 5.74) is 6.94. The SMILES string of the molecule is C.CCC.CCCC1NC(=O)CN=C(N)CNCCOc2ccccc2CCCNC1=O.Fc1ccccc1. The monoisotopic (exact) mass is 545 g/mol. The Morgan fingerprint density at radius 3 is 2.33 bits per heavy atom. The van der Waals surface area contributed by atoms with E-state index in [1.165, 1.54) is 18.6 Å². The number of carbonyl (C=O) groups excluding carboxylic acids is 2. The molecule has 3 rings (SSSR count). The van der Waals surface area contributed by atoms with Gasteiger partial charge in [-0.05, 0) is 43.0 Å². The Bertz CT molecular complexity index is 957. The summed E-state index contributed by atoms with van der Waals surface area (Å²) in [6, 6.07) is 15.3. The number of hydrogen-bond acceptors (Lipinski definition) is 6. The normalized spacial score (nSPS) is 16.7. The van der Waals surface area contributed by atoms with Crippen LogP contribution in [0.4, 0.5) is 4.39 Å². The molecule has 8 nitrogen and oxygen atoms in total. The van der Waals surface area contributed by atoms with E-state index in [9.17, 15) is 14.0 Å². The maximum Gasteiger partial charge on any atom is 0.242 e. The lowest BCUT2D eigenvalue weighted by Gasteiger charge is -2.18. The minimum Gasteiger partial charge on any atom is -0.492 e. The molecule has 1 unspecified atom stereocenters. The van der Waals surface area contributed by atoms with Crippen molar-refractivity contribution in [2.45, 2.75) is 66.3 Å². The highest BCUT2D eigenvalue weighted by Gasteiger charge is 2.19. The van der Waals surface area contributed by atoms with Crippen LogP contribution in [0.5, 0.6) is 5.75 Å². The number of amides is 2. The van der Waals surface area contributed by atoms with Crippen LogP contribution in [0.2, 0.25) is 0 Å². The molecular weight excluding hydrogens is 497 g/mol. The number of benzene rings is 2. The number of amidine groups is 1. The molecule has 0 fully saturated rings. The Labute approximate surface area is 234 Å². The van der Waals surface area contributed by atoms with Crippen molar-refractivity contribution in [1.82, 2.24) is 16.0 Å². The van der Waals surface area contributed by atoms with Crippen molar-refractivity contribution in [2.24, 2.45) is 10.7 Å². The topological polar surface area (TPSA) is 118 Å². The molecule has 0 spiro atoms. The van der Waals surface area contributed by atoms with Gasteiger partial charge in [0.2, 0.25) is 11.8 Å². The third kappa shape index (κ3) is 16.9. The zero-order valence-electron chi connectivity index (χ0n) is 23.0. The lowest BCUT2D eigenvalue weighted by Crippen LogP contribution is -2.47. The molecule has 2 aromatic rings. The second-order valence-electron chi connectivity index (χ2n) is 8.75. The van der Waals surface area contributed by atoms with E-state index < -0.39 is 6.04 Å². The highest BCUT2D eigenvalue weighted by Crippen LogP contribution is 2.19. The summed E-state index contributed by atoms with van der Waals surface area (Å²) >= 11 is 0. The molecule has 0 aliphatic carbocycles. The van der Waals surface area contributed by atoms with Crippen molar-refractivity contribution in [3.63, 3.8) is 0 Å². The number of carbonyl (C=O) groups is 2. The lowest BCUT2D eigenvalue weighted by molar-refractivity contribution is -0.128. The fraction of sp³-hybridized carbons (Fsp3) is 0.500. The van der Waals surface area contributed by atoms with Crippen molar-refractivity contribution in [2.75, 3.05) is 32.8 Å². The quantitative estimate of drug-likeness (QED) is 0.450. The Kier molecular flexibility index (Phi) is 20.5. The average Bonchev–Trinajstić information content (AvgIpc) is 2.91. The molecule has 9 heteroatoms. The van der Waals surface area contributed by atoms with Crippen molar-refractivity contribution < 1.29 is 18.7 Å². The first-order chi connectivity index (χ1) is 18.4. The van der Waals surface area contributed by atoms with Crippen molar-refractivity contribution in [3.05, 3.63) is 66.0 Å². The third-order valence-electron chi connectivity index (χ3n) is 5.13. The van der Waals surface area contributed by atoms with Crippen molar-refractivity contribution >= 4 is 17.6 Å². The van der Waals surface area contributed by atoms with Gasteiger partial charge in [0.1, 0.15) is 36.6 Å². The fourth-order valence-corrected chi connectivity index (χ4v) is 3.36. The van der Waals surface area contributed by atoms with E-state index in [0.29, 0.717) is 38.5 Å². The highest BCUT2D eigenvalue weighted by molar-refractivity contribution is 5.90. The van der Waals surface area contributed by atoms with E-state index in [-0.39, 0.29) is 31.6 Å². The predicted molar refractivity (Wildman–Crippen MR) is 159 cm³/mol. The van der Waals surface area contributed by atoms with Crippen LogP contribution in [-0.2, 0) is 16.0 Å². The fourth-order valence-electron chi connectivity index (χ4n) is 3.36. The summed E-state index contributed by atoms with van der Waals surface area (Å²) < 4.78 is 17.8. The zero-order valence-corrected chi connectivity index (χ0v) is 23.0. The van der Waals surface area contributed by atoms with Crippen LogP contribution in [0.3, 0.4) is 0 Å². The number of halogens is 1. The number of ether oxygens (including phenoxy) is 1. The first-order valence-corrected chi connectivity index (χ1v) is 13.4. The molecule has 0 radical (unpaired) electrons. The second-order valence-corrected chi connectivity index (χ2v) is 8.75. The molecule has 1 heterocycles. The van der Waals surface area contributed by atoms with Crippen LogP contribution >= 0.6 is 0 Å². The van der Waals surface area contributed by atoms with Gasteiger partial charge in [-0.3, -0.25) is 14.6 Å².